The van der Waals surface area contributed by atoms with Crippen LogP contribution in [0.15, 0.2) is 29.4 Å². The Morgan fingerprint density at radius 2 is 2.20 bits per heavy atom. The molecule has 0 bridgehead atoms. The highest BCUT2D eigenvalue weighted by molar-refractivity contribution is 7.91. The van der Waals surface area contributed by atoms with Crippen molar-refractivity contribution in [2.24, 2.45) is 5.73 Å². The van der Waals surface area contributed by atoms with Crippen molar-refractivity contribution in [2.45, 2.75) is 4.90 Å². The van der Waals surface area contributed by atoms with Crippen LogP contribution < -0.4 is 5.73 Å². The lowest BCUT2D eigenvalue weighted by Crippen LogP contribution is -2.15. The van der Waals surface area contributed by atoms with E-state index in [2.05, 4.69) is 9.97 Å². The highest BCUT2D eigenvalue weighted by atomic mass is 32.2. The normalized spacial score (nSPS) is 12.1. The highest BCUT2D eigenvalue weighted by Gasteiger charge is 2.13. The van der Waals surface area contributed by atoms with Crippen LogP contribution in [0.2, 0.25) is 0 Å². The monoisotopic (exact) mass is 225 g/mol. The zero-order valence-electron chi connectivity index (χ0n) is 7.97. The second-order valence-corrected chi connectivity index (χ2v) is 5.30. The van der Waals surface area contributed by atoms with E-state index in [-0.39, 0.29) is 17.2 Å². The van der Waals surface area contributed by atoms with Gasteiger partial charge in [-0.05, 0) is 18.2 Å². The van der Waals surface area contributed by atoms with E-state index in [1.165, 1.54) is 6.33 Å². The number of benzene rings is 1. The average molecular weight is 225 g/mol. The Morgan fingerprint density at radius 3 is 2.93 bits per heavy atom. The molecule has 0 radical (unpaired) electrons. The van der Waals surface area contributed by atoms with Gasteiger partial charge in [0, 0.05) is 6.54 Å². The summed E-state index contributed by atoms with van der Waals surface area (Å²) in [5, 5.41) is 0. The van der Waals surface area contributed by atoms with Crippen molar-refractivity contribution in [1.82, 2.24) is 9.97 Å². The molecule has 0 fully saturated rings. The van der Waals surface area contributed by atoms with E-state index in [1.54, 1.807) is 18.2 Å². The lowest BCUT2D eigenvalue weighted by atomic mass is 10.3. The molecular weight excluding hydrogens is 214 g/mol. The Kier molecular flexibility index (Phi) is 2.45. The van der Waals surface area contributed by atoms with Crippen molar-refractivity contribution in [1.29, 1.82) is 0 Å². The van der Waals surface area contributed by atoms with Crippen molar-refractivity contribution < 1.29 is 8.42 Å². The van der Waals surface area contributed by atoms with Crippen molar-refractivity contribution in [2.75, 3.05) is 12.3 Å². The molecule has 0 unspecified atom stereocenters. The Hall–Kier alpha value is -1.40. The fraction of sp³-hybridized carbons (Fsp3) is 0.222. The van der Waals surface area contributed by atoms with Crippen LogP contribution in [0.3, 0.4) is 0 Å². The van der Waals surface area contributed by atoms with E-state index in [1.807, 2.05) is 0 Å². The minimum atomic E-state index is -3.25. The second-order valence-electron chi connectivity index (χ2n) is 3.19. The summed E-state index contributed by atoms with van der Waals surface area (Å²) in [5.41, 5.74) is 6.71. The number of sulfone groups is 1. The zero-order chi connectivity index (χ0) is 10.9. The van der Waals surface area contributed by atoms with Crippen LogP contribution >= 0.6 is 0 Å². The Morgan fingerprint density at radius 1 is 1.40 bits per heavy atom. The number of H-pyrrole nitrogens is 1. The number of hydrogen-bond donors (Lipinski definition) is 2. The lowest BCUT2D eigenvalue weighted by molar-refractivity contribution is 0.596. The Bertz CT molecular complexity index is 574. The van der Waals surface area contributed by atoms with Gasteiger partial charge >= 0.3 is 0 Å². The molecule has 1 heterocycles. The van der Waals surface area contributed by atoms with Gasteiger partial charge < -0.3 is 10.7 Å². The summed E-state index contributed by atoms with van der Waals surface area (Å²) in [7, 11) is -3.25. The molecular formula is C9H11N3O2S. The molecule has 1 aromatic heterocycles. The topological polar surface area (TPSA) is 88.8 Å². The number of aromatic nitrogens is 2. The van der Waals surface area contributed by atoms with Crippen LogP contribution in [0.4, 0.5) is 0 Å². The van der Waals surface area contributed by atoms with Crippen molar-refractivity contribution in [3.63, 3.8) is 0 Å². The number of hydrogen-bond acceptors (Lipinski definition) is 4. The van der Waals surface area contributed by atoms with Crippen LogP contribution in [-0.4, -0.2) is 30.7 Å². The summed E-state index contributed by atoms with van der Waals surface area (Å²) in [6, 6.07) is 4.80. The molecule has 0 aliphatic carbocycles. The third-order valence-corrected chi connectivity index (χ3v) is 3.88. The summed E-state index contributed by atoms with van der Waals surface area (Å²) in [5.74, 6) is -0.0351. The van der Waals surface area contributed by atoms with Gasteiger partial charge in [-0.2, -0.15) is 0 Å². The quantitative estimate of drug-likeness (QED) is 0.786. The first-order valence-electron chi connectivity index (χ1n) is 4.49. The predicted molar refractivity (Wildman–Crippen MR) is 57.2 cm³/mol. The molecule has 5 nitrogen and oxygen atoms in total. The van der Waals surface area contributed by atoms with E-state index in [0.29, 0.717) is 5.52 Å². The Labute approximate surface area is 87.2 Å². The first kappa shape index (κ1) is 10.1. The van der Waals surface area contributed by atoms with Gasteiger partial charge in [-0.25, -0.2) is 13.4 Å². The summed E-state index contributed by atoms with van der Waals surface area (Å²) < 4.78 is 23.4. The number of rotatable bonds is 3. The van der Waals surface area contributed by atoms with Gasteiger partial charge in [-0.1, -0.05) is 0 Å². The smallest absolute Gasteiger partial charge is 0.179 e. The molecule has 0 amide bonds. The van der Waals surface area contributed by atoms with Gasteiger partial charge in [0.25, 0.3) is 0 Å². The first-order chi connectivity index (χ1) is 7.13. The molecule has 6 heteroatoms. The van der Waals surface area contributed by atoms with Crippen molar-refractivity contribution in [3.8, 4) is 0 Å². The lowest BCUT2D eigenvalue weighted by Gasteiger charge is -2.01. The number of nitrogens with zero attached hydrogens (tertiary/aromatic N) is 1. The van der Waals surface area contributed by atoms with Crippen LogP contribution in [0, 0.1) is 0 Å². The molecule has 0 aliphatic heterocycles. The van der Waals surface area contributed by atoms with E-state index in [4.69, 9.17) is 5.73 Å². The van der Waals surface area contributed by atoms with Crippen LogP contribution in [-0.2, 0) is 9.84 Å². The van der Waals surface area contributed by atoms with Gasteiger partial charge in [0.1, 0.15) is 0 Å². The second kappa shape index (κ2) is 3.63. The standard InChI is InChI=1S/C9H11N3O2S/c10-3-4-15(13,14)7-1-2-8-9(5-7)12-6-11-8/h1-2,5-6H,3-4,10H2,(H,11,12). The van der Waals surface area contributed by atoms with Crippen LogP contribution in [0.1, 0.15) is 0 Å². The first-order valence-corrected chi connectivity index (χ1v) is 6.15. The molecule has 3 N–H and O–H groups in total. The van der Waals surface area contributed by atoms with E-state index in [0.717, 1.165) is 5.52 Å². The number of fused-ring (bicyclic) bond motifs is 1. The summed E-state index contributed by atoms with van der Waals surface area (Å²) in [6.45, 7) is 0.128. The number of aromatic amines is 1. The molecule has 2 aromatic rings. The minimum Gasteiger partial charge on any atom is -0.345 e. The van der Waals surface area contributed by atoms with E-state index >= 15 is 0 Å². The molecule has 0 saturated carbocycles. The minimum absolute atomic E-state index is 0.0351. The van der Waals surface area contributed by atoms with Crippen molar-refractivity contribution >= 4 is 20.9 Å². The van der Waals surface area contributed by atoms with Gasteiger partial charge in [0.15, 0.2) is 9.84 Å². The maximum Gasteiger partial charge on any atom is 0.179 e. The molecule has 0 spiro atoms. The van der Waals surface area contributed by atoms with Crippen LogP contribution in [0.5, 0.6) is 0 Å². The van der Waals surface area contributed by atoms with Gasteiger partial charge in [-0.15, -0.1) is 0 Å². The summed E-state index contributed by atoms with van der Waals surface area (Å²) in [4.78, 5) is 7.16. The number of imidazole rings is 1. The number of nitrogens with one attached hydrogen (secondary N) is 1. The van der Waals surface area contributed by atoms with Gasteiger partial charge in [-0.3, -0.25) is 0 Å². The van der Waals surface area contributed by atoms with Crippen LogP contribution in [0.25, 0.3) is 11.0 Å². The maximum atomic E-state index is 11.7. The van der Waals surface area contributed by atoms with E-state index < -0.39 is 9.84 Å². The highest BCUT2D eigenvalue weighted by Crippen LogP contribution is 2.16. The maximum absolute atomic E-state index is 11.7. The van der Waals surface area contributed by atoms with Gasteiger partial charge in [0.05, 0.1) is 28.0 Å². The predicted octanol–water partition coefficient (Wildman–Crippen LogP) is 0.295. The fourth-order valence-electron chi connectivity index (χ4n) is 1.38. The Balaban J connectivity index is 2.52. The third kappa shape index (κ3) is 1.86. The molecule has 0 aliphatic rings. The zero-order valence-corrected chi connectivity index (χ0v) is 8.79. The summed E-state index contributed by atoms with van der Waals surface area (Å²) >= 11 is 0. The molecule has 2 rings (SSSR count). The summed E-state index contributed by atoms with van der Waals surface area (Å²) in [6.07, 6.45) is 1.53. The SMILES string of the molecule is NCCS(=O)(=O)c1ccc2nc[nH]c2c1. The molecule has 15 heavy (non-hydrogen) atoms. The van der Waals surface area contributed by atoms with E-state index in [9.17, 15) is 8.42 Å². The number of nitrogens with two attached hydrogens (primary N) is 1. The molecule has 80 valence electrons. The average Bonchev–Trinajstić information content (AvgIpc) is 2.63. The van der Waals surface area contributed by atoms with Crippen molar-refractivity contribution in [3.05, 3.63) is 24.5 Å². The largest absolute Gasteiger partial charge is 0.345 e. The third-order valence-electron chi connectivity index (χ3n) is 2.14. The molecule has 1 aromatic carbocycles. The molecule has 0 saturated heterocycles. The fourth-order valence-corrected chi connectivity index (χ4v) is 2.50. The van der Waals surface area contributed by atoms with Gasteiger partial charge in [0.2, 0.25) is 0 Å². The molecule has 0 atom stereocenters.